The van der Waals surface area contributed by atoms with Gasteiger partial charge in [-0.2, -0.15) is 0 Å². The van der Waals surface area contributed by atoms with Gasteiger partial charge < -0.3 is 10.0 Å². The molecule has 0 aliphatic carbocycles. The number of piperazine rings is 1. The van der Waals surface area contributed by atoms with Gasteiger partial charge in [0.1, 0.15) is 0 Å². The van der Waals surface area contributed by atoms with E-state index in [4.69, 9.17) is 5.11 Å². The van der Waals surface area contributed by atoms with Crippen molar-refractivity contribution < 1.29 is 9.90 Å². The van der Waals surface area contributed by atoms with Crippen LogP contribution in [0.2, 0.25) is 0 Å². The van der Waals surface area contributed by atoms with Crippen molar-refractivity contribution in [2.24, 2.45) is 0 Å². The van der Waals surface area contributed by atoms with Gasteiger partial charge in [-0.15, -0.1) is 11.3 Å². The number of nitrogens with zero attached hydrogens (tertiary/aromatic N) is 2. The minimum Gasteiger partial charge on any atom is -0.396 e. The molecule has 1 aromatic heterocycles. The fourth-order valence-electron chi connectivity index (χ4n) is 2.86. The number of likely N-dealkylation sites (N-methyl/N-ethyl adjacent to an activating group) is 1. The third kappa shape index (κ3) is 3.05. The van der Waals surface area contributed by atoms with Crippen LogP contribution in [0, 0.1) is 6.92 Å². The average molecular weight is 296 g/mol. The SMILES string of the molecule is CCc1c(C(=O)N2CCN(C)[C@H](CCO)C2)csc1C. The van der Waals surface area contributed by atoms with Gasteiger partial charge >= 0.3 is 0 Å². The van der Waals surface area contributed by atoms with Crippen molar-refractivity contribution in [1.82, 2.24) is 9.80 Å². The van der Waals surface area contributed by atoms with Gasteiger partial charge in [0.2, 0.25) is 0 Å². The molecule has 1 amide bonds. The summed E-state index contributed by atoms with van der Waals surface area (Å²) in [7, 11) is 2.06. The molecule has 0 bridgehead atoms. The van der Waals surface area contributed by atoms with Crippen LogP contribution in [0.3, 0.4) is 0 Å². The van der Waals surface area contributed by atoms with Crippen molar-refractivity contribution in [3.63, 3.8) is 0 Å². The number of carbonyl (C=O) groups is 1. The highest BCUT2D eigenvalue weighted by molar-refractivity contribution is 7.10. The highest BCUT2D eigenvalue weighted by atomic mass is 32.1. The van der Waals surface area contributed by atoms with E-state index < -0.39 is 0 Å². The summed E-state index contributed by atoms with van der Waals surface area (Å²) in [5.41, 5.74) is 2.07. The fraction of sp³-hybridized carbons (Fsp3) is 0.667. The van der Waals surface area contributed by atoms with Gasteiger partial charge in [-0.1, -0.05) is 6.92 Å². The zero-order valence-electron chi connectivity index (χ0n) is 12.6. The van der Waals surface area contributed by atoms with Crippen molar-refractivity contribution in [1.29, 1.82) is 0 Å². The summed E-state index contributed by atoms with van der Waals surface area (Å²) in [6.45, 7) is 6.72. The monoisotopic (exact) mass is 296 g/mol. The molecule has 1 atom stereocenters. The Hall–Kier alpha value is -0.910. The molecular formula is C15H24N2O2S. The van der Waals surface area contributed by atoms with Crippen molar-refractivity contribution in [3.05, 3.63) is 21.4 Å². The summed E-state index contributed by atoms with van der Waals surface area (Å²) in [4.78, 5) is 18.1. The first-order valence-electron chi connectivity index (χ1n) is 7.25. The van der Waals surface area contributed by atoms with Crippen LogP contribution in [0.5, 0.6) is 0 Å². The van der Waals surface area contributed by atoms with Gasteiger partial charge in [0, 0.05) is 42.5 Å². The maximum atomic E-state index is 12.7. The Balaban J connectivity index is 2.12. The Morgan fingerprint density at radius 3 is 2.90 bits per heavy atom. The highest BCUT2D eigenvalue weighted by Gasteiger charge is 2.28. The van der Waals surface area contributed by atoms with Crippen LogP contribution in [-0.4, -0.2) is 60.1 Å². The second kappa shape index (κ2) is 6.70. The summed E-state index contributed by atoms with van der Waals surface area (Å²) in [5.74, 6) is 0.155. The van der Waals surface area contributed by atoms with Crippen molar-refractivity contribution in [2.45, 2.75) is 32.7 Å². The molecule has 20 heavy (non-hydrogen) atoms. The number of carbonyl (C=O) groups excluding carboxylic acids is 1. The van der Waals surface area contributed by atoms with E-state index in [1.54, 1.807) is 11.3 Å². The summed E-state index contributed by atoms with van der Waals surface area (Å²) < 4.78 is 0. The normalized spacial score (nSPS) is 20.4. The number of hydrogen-bond donors (Lipinski definition) is 1. The van der Waals surface area contributed by atoms with Gasteiger partial charge in [-0.3, -0.25) is 9.69 Å². The minimum atomic E-state index is 0.155. The molecule has 1 aliphatic rings. The first-order valence-corrected chi connectivity index (χ1v) is 8.13. The van der Waals surface area contributed by atoms with Gasteiger partial charge in [-0.25, -0.2) is 0 Å². The summed E-state index contributed by atoms with van der Waals surface area (Å²) >= 11 is 1.66. The molecule has 0 radical (unpaired) electrons. The third-order valence-electron chi connectivity index (χ3n) is 4.21. The van der Waals surface area contributed by atoms with Crippen LogP contribution in [0.25, 0.3) is 0 Å². The van der Waals surface area contributed by atoms with Crippen LogP contribution < -0.4 is 0 Å². The summed E-state index contributed by atoms with van der Waals surface area (Å²) in [5, 5.41) is 11.1. The second-order valence-corrected chi connectivity index (χ2v) is 6.52. The average Bonchev–Trinajstić information content (AvgIpc) is 2.81. The number of amides is 1. The summed E-state index contributed by atoms with van der Waals surface area (Å²) in [6, 6.07) is 0.266. The maximum absolute atomic E-state index is 12.7. The molecular weight excluding hydrogens is 272 g/mol. The predicted octanol–water partition coefficient (Wildman–Crippen LogP) is 1.76. The van der Waals surface area contributed by atoms with Crippen LogP contribution in [-0.2, 0) is 6.42 Å². The van der Waals surface area contributed by atoms with Crippen LogP contribution in [0.4, 0.5) is 0 Å². The van der Waals surface area contributed by atoms with E-state index in [0.29, 0.717) is 6.54 Å². The van der Waals surface area contributed by atoms with Crippen molar-refractivity contribution >= 4 is 17.2 Å². The zero-order valence-corrected chi connectivity index (χ0v) is 13.4. The smallest absolute Gasteiger partial charge is 0.255 e. The molecule has 1 aliphatic heterocycles. The van der Waals surface area contributed by atoms with Gasteiger partial charge in [0.15, 0.2) is 0 Å². The van der Waals surface area contributed by atoms with E-state index in [0.717, 1.165) is 31.5 Å². The molecule has 1 saturated heterocycles. The fourth-order valence-corrected chi connectivity index (χ4v) is 3.79. The van der Waals surface area contributed by atoms with Crippen LogP contribution in [0.15, 0.2) is 5.38 Å². The maximum Gasteiger partial charge on any atom is 0.255 e. The predicted molar refractivity (Wildman–Crippen MR) is 82.5 cm³/mol. The molecule has 112 valence electrons. The lowest BCUT2D eigenvalue weighted by Gasteiger charge is -2.39. The molecule has 1 N–H and O–H groups in total. The van der Waals surface area contributed by atoms with Gasteiger partial charge in [0.05, 0.1) is 5.56 Å². The Kier molecular flexibility index (Phi) is 5.18. The molecule has 0 spiro atoms. The number of hydrogen-bond acceptors (Lipinski definition) is 4. The van der Waals surface area contributed by atoms with Crippen molar-refractivity contribution in [3.8, 4) is 0 Å². The second-order valence-electron chi connectivity index (χ2n) is 5.44. The van der Waals surface area contributed by atoms with E-state index in [9.17, 15) is 4.79 Å². The molecule has 2 heterocycles. The molecule has 1 fully saturated rings. The minimum absolute atomic E-state index is 0.155. The van der Waals surface area contributed by atoms with Gasteiger partial charge in [-0.05, 0) is 32.4 Å². The first-order chi connectivity index (χ1) is 9.58. The standard InChI is InChI=1S/C15H24N2O2S/c1-4-13-11(2)20-10-14(13)15(19)17-7-6-16(3)12(9-17)5-8-18/h10,12,18H,4-9H2,1-3H3/t12-/m1/s1. The first kappa shape index (κ1) is 15.5. The van der Waals surface area contributed by atoms with Crippen LogP contribution >= 0.6 is 11.3 Å². The zero-order chi connectivity index (χ0) is 14.7. The number of aryl methyl sites for hydroxylation is 1. The molecule has 0 unspecified atom stereocenters. The quantitative estimate of drug-likeness (QED) is 0.921. The number of aliphatic hydroxyl groups is 1. The lowest BCUT2D eigenvalue weighted by molar-refractivity contribution is 0.0500. The number of thiophene rings is 1. The highest BCUT2D eigenvalue weighted by Crippen LogP contribution is 2.24. The molecule has 5 heteroatoms. The lowest BCUT2D eigenvalue weighted by Crippen LogP contribution is -2.53. The number of aliphatic hydroxyl groups excluding tert-OH is 1. The Bertz CT molecular complexity index is 472. The van der Waals surface area contributed by atoms with Crippen molar-refractivity contribution in [2.75, 3.05) is 33.3 Å². The Morgan fingerprint density at radius 1 is 1.50 bits per heavy atom. The van der Waals surface area contributed by atoms with Crippen LogP contribution in [0.1, 0.15) is 34.1 Å². The largest absolute Gasteiger partial charge is 0.396 e. The molecule has 4 nitrogen and oxygen atoms in total. The topological polar surface area (TPSA) is 43.8 Å². The molecule has 2 rings (SSSR count). The van der Waals surface area contributed by atoms with E-state index in [1.165, 1.54) is 10.4 Å². The van der Waals surface area contributed by atoms with Gasteiger partial charge in [0.25, 0.3) is 5.91 Å². The molecule has 1 aromatic rings. The summed E-state index contributed by atoms with van der Waals surface area (Å²) in [6.07, 6.45) is 1.63. The number of rotatable bonds is 4. The van der Waals surface area contributed by atoms with E-state index in [1.807, 2.05) is 10.3 Å². The molecule has 0 saturated carbocycles. The Morgan fingerprint density at radius 2 is 2.25 bits per heavy atom. The third-order valence-corrected chi connectivity index (χ3v) is 5.17. The lowest BCUT2D eigenvalue weighted by atomic mass is 10.1. The van der Waals surface area contributed by atoms with E-state index in [2.05, 4.69) is 25.8 Å². The van der Waals surface area contributed by atoms with E-state index >= 15 is 0 Å². The molecule has 0 aromatic carbocycles. The van der Waals surface area contributed by atoms with E-state index in [-0.39, 0.29) is 18.6 Å². The Labute approximate surface area is 125 Å².